The molecule has 4 unspecified atom stereocenters. The van der Waals surface area contributed by atoms with Crippen molar-refractivity contribution in [1.82, 2.24) is 0 Å². The molecule has 0 amide bonds. The number of halogens is 2. The van der Waals surface area contributed by atoms with Gasteiger partial charge in [0.15, 0.2) is 12.6 Å². The van der Waals surface area contributed by atoms with Gasteiger partial charge >= 0.3 is 11.9 Å². The molecule has 0 aliphatic rings. The first kappa shape index (κ1) is 44.3. The summed E-state index contributed by atoms with van der Waals surface area (Å²) in [7, 11) is 0. The highest BCUT2D eigenvalue weighted by Gasteiger charge is 2.25. The van der Waals surface area contributed by atoms with E-state index >= 15 is 0 Å². The number of carbonyl (C=O) groups is 2. The molecule has 0 N–H and O–H groups in total. The Morgan fingerprint density at radius 2 is 1.02 bits per heavy atom. The van der Waals surface area contributed by atoms with E-state index in [0.717, 1.165) is 62.0 Å². The van der Waals surface area contributed by atoms with Gasteiger partial charge in [0.25, 0.3) is 0 Å². The van der Waals surface area contributed by atoms with Crippen LogP contribution < -0.4 is 0 Å². The predicted molar refractivity (Wildman–Crippen MR) is 192 cm³/mol. The quantitative estimate of drug-likeness (QED) is 0.0339. The second kappa shape index (κ2) is 28.3. The molecule has 0 aromatic heterocycles. The topological polar surface area (TPSA) is 80.3 Å². The average molecular weight is 769 g/mol. The van der Waals surface area contributed by atoms with Crippen LogP contribution in [0.2, 0.25) is 0 Å². The Hall–Kier alpha value is -0.740. The third-order valence-corrected chi connectivity index (χ3v) is 9.05. The highest BCUT2D eigenvalue weighted by Crippen LogP contribution is 2.26. The molecule has 0 aromatic carbocycles. The second-order valence-electron chi connectivity index (χ2n) is 12.8. The van der Waals surface area contributed by atoms with Gasteiger partial charge in [-0.2, -0.15) is 0 Å². The van der Waals surface area contributed by atoms with Gasteiger partial charge in [-0.3, -0.25) is 9.59 Å². The Morgan fingerprint density at radius 3 is 1.33 bits per heavy atom. The lowest BCUT2D eigenvalue weighted by Gasteiger charge is -2.30. The van der Waals surface area contributed by atoms with Crippen LogP contribution in [0.4, 0.5) is 0 Å². The van der Waals surface area contributed by atoms with Crippen molar-refractivity contribution in [1.29, 1.82) is 0 Å². The fraction of sp³-hybridized carbons (Fsp3) is 0.833. The van der Waals surface area contributed by atoms with Crippen molar-refractivity contribution in [2.45, 2.75) is 132 Å². The summed E-state index contributed by atoms with van der Waals surface area (Å²) < 4.78 is 29.4. The van der Waals surface area contributed by atoms with Gasteiger partial charge in [0, 0.05) is 36.3 Å². The maximum Gasteiger partial charge on any atom is 0.306 e. The number of hydrogen-bond donors (Lipinski definition) is 0. The molecule has 0 aliphatic heterocycles. The molecule has 0 saturated carbocycles. The number of hydrogen-bond acceptors (Lipinski definition) is 7. The molecule has 0 spiro atoms. The number of carbonyl (C=O) groups excluding carboxylic acids is 2. The van der Waals surface area contributed by atoms with Crippen LogP contribution >= 0.6 is 31.9 Å². The van der Waals surface area contributed by atoms with Gasteiger partial charge < -0.3 is 23.7 Å². The van der Waals surface area contributed by atoms with Crippen LogP contribution in [0, 0.1) is 23.7 Å². The number of ether oxygens (including phenoxy) is 5. The Morgan fingerprint density at radius 1 is 0.644 bits per heavy atom. The van der Waals surface area contributed by atoms with E-state index in [4.69, 9.17) is 23.7 Å². The van der Waals surface area contributed by atoms with E-state index in [-0.39, 0.29) is 24.5 Å². The minimum absolute atomic E-state index is 0.139. The molecule has 0 rings (SSSR count). The molecule has 0 bridgehead atoms. The van der Waals surface area contributed by atoms with Crippen LogP contribution in [0.25, 0.3) is 0 Å². The molecular formula is C36H64Br2O7. The summed E-state index contributed by atoms with van der Waals surface area (Å²) >= 11 is 7.46. The Labute approximate surface area is 292 Å². The summed E-state index contributed by atoms with van der Waals surface area (Å²) in [5, 5.41) is 1.72. The Balaban J connectivity index is 5.32. The third-order valence-electron chi connectivity index (χ3n) is 7.22. The molecule has 0 aliphatic carbocycles. The zero-order chi connectivity index (χ0) is 34.0. The molecule has 0 radical (unpaired) electrons. The van der Waals surface area contributed by atoms with Gasteiger partial charge in [0.05, 0.1) is 26.4 Å². The minimum Gasteiger partial charge on any atom is -0.466 e. The first-order valence-electron chi connectivity index (χ1n) is 17.1. The van der Waals surface area contributed by atoms with Crippen molar-refractivity contribution in [2.24, 2.45) is 23.7 Å². The first-order valence-corrected chi connectivity index (χ1v) is 19.3. The molecule has 9 heteroatoms. The van der Waals surface area contributed by atoms with Gasteiger partial charge in [-0.15, -0.1) is 0 Å². The van der Waals surface area contributed by atoms with Gasteiger partial charge in [0.2, 0.25) is 0 Å². The van der Waals surface area contributed by atoms with Gasteiger partial charge in [0.1, 0.15) is 0 Å². The molecule has 0 heterocycles. The van der Waals surface area contributed by atoms with Crippen molar-refractivity contribution in [3.8, 4) is 0 Å². The standard InChI is InChI=1S/C36H64Br2O7/c1-9-41-33(39)19-17-29(7)13-11-15-31(23-37)21-35(43-25-27(3)4)45-36(44-26-28(5)6)22-32(24-38)16-12-14-30(8)18-20-34(40)42-10-2/h13-14,27-28,31-32,35-36H,9-12,15-26H2,1-8H3. The van der Waals surface area contributed by atoms with E-state index in [2.05, 4.69) is 85.6 Å². The van der Waals surface area contributed by atoms with Crippen molar-refractivity contribution in [3.05, 3.63) is 23.3 Å². The summed E-state index contributed by atoms with van der Waals surface area (Å²) in [5.41, 5.74) is 2.43. The summed E-state index contributed by atoms with van der Waals surface area (Å²) in [4.78, 5) is 23.4. The lowest BCUT2D eigenvalue weighted by molar-refractivity contribution is -0.258. The lowest BCUT2D eigenvalue weighted by Crippen LogP contribution is -2.32. The lowest BCUT2D eigenvalue weighted by atomic mass is 9.99. The molecule has 0 aromatic rings. The molecule has 0 fully saturated rings. The number of rotatable bonds is 28. The fourth-order valence-electron chi connectivity index (χ4n) is 4.55. The van der Waals surface area contributed by atoms with Crippen molar-refractivity contribution < 1.29 is 33.3 Å². The number of esters is 2. The van der Waals surface area contributed by atoms with Crippen LogP contribution in [0.1, 0.15) is 120 Å². The van der Waals surface area contributed by atoms with E-state index in [1.54, 1.807) is 0 Å². The van der Waals surface area contributed by atoms with Crippen LogP contribution in [-0.2, 0) is 33.3 Å². The van der Waals surface area contributed by atoms with Gasteiger partial charge in [-0.25, -0.2) is 0 Å². The molecular weight excluding hydrogens is 704 g/mol. The van der Waals surface area contributed by atoms with Crippen LogP contribution in [0.5, 0.6) is 0 Å². The highest BCUT2D eigenvalue weighted by atomic mass is 79.9. The van der Waals surface area contributed by atoms with Gasteiger partial charge in [-0.05, 0) is 89.9 Å². The molecule has 264 valence electrons. The molecule has 4 atom stereocenters. The van der Waals surface area contributed by atoms with Gasteiger partial charge in [-0.1, -0.05) is 82.9 Å². The van der Waals surface area contributed by atoms with E-state index in [1.165, 1.54) is 11.1 Å². The summed E-state index contributed by atoms with van der Waals surface area (Å²) in [6, 6.07) is 0. The maximum atomic E-state index is 11.7. The minimum atomic E-state index is -0.359. The van der Waals surface area contributed by atoms with E-state index in [1.807, 2.05) is 13.8 Å². The maximum absolute atomic E-state index is 11.7. The monoisotopic (exact) mass is 766 g/mol. The van der Waals surface area contributed by atoms with Crippen LogP contribution in [0.15, 0.2) is 23.3 Å². The van der Waals surface area contributed by atoms with Crippen LogP contribution in [-0.4, -0.2) is 61.6 Å². The number of allylic oxidation sites excluding steroid dienone is 4. The zero-order valence-corrected chi connectivity index (χ0v) is 32.7. The predicted octanol–water partition coefficient (Wildman–Crippen LogP) is 9.94. The van der Waals surface area contributed by atoms with Crippen LogP contribution in [0.3, 0.4) is 0 Å². The van der Waals surface area contributed by atoms with E-state index in [0.29, 0.717) is 62.9 Å². The molecule has 45 heavy (non-hydrogen) atoms. The largest absolute Gasteiger partial charge is 0.466 e. The average Bonchev–Trinajstić information content (AvgIpc) is 2.99. The van der Waals surface area contributed by atoms with E-state index in [9.17, 15) is 9.59 Å². The SMILES string of the molecule is CCOC(=O)CCC(C)=CCCC(CBr)CC(OCC(C)C)OC(CC(CBr)CCC=C(C)CCC(=O)OCC)OCC(C)C. The first-order chi connectivity index (χ1) is 21.4. The van der Waals surface area contributed by atoms with Crippen molar-refractivity contribution in [3.63, 3.8) is 0 Å². The molecule has 0 saturated heterocycles. The molecule has 7 nitrogen and oxygen atoms in total. The smallest absolute Gasteiger partial charge is 0.306 e. The summed E-state index contributed by atoms with van der Waals surface area (Å²) in [6.45, 7) is 18.5. The summed E-state index contributed by atoms with van der Waals surface area (Å²) in [6.07, 6.45) is 11.5. The van der Waals surface area contributed by atoms with E-state index < -0.39 is 0 Å². The number of alkyl halides is 2. The highest BCUT2D eigenvalue weighted by molar-refractivity contribution is 9.09. The normalized spacial score (nSPS) is 15.3. The Bertz CT molecular complexity index is 762. The zero-order valence-electron chi connectivity index (χ0n) is 29.5. The fourth-order valence-corrected chi connectivity index (χ4v) is 5.73. The summed E-state index contributed by atoms with van der Waals surface area (Å²) in [5.74, 6) is 1.26. The van der Waals surface area contributed by atoms with Crippen molar-refractivity contribution >= 4 is 43.8 Å². The van der Waals surface area contributed by atoms with Crippen molar-refractivity contribution in [2.75, 3.05) is 37.1 Å². The Kier molecular flexibility index (Phi) is 27.8. The second-order valence-corrected chi connectivity index (χ2v) is 14.1. The third kappa shape index (κ3) is 26.0.